The van der Waals surface area contributed by atoms with Gasteiger partial charge >= 0.3 is 5.97 Å². The van der Waals surface area contributed by atoms with E-state index in [-0.39, 0.29) is 22.7 Å². The fourth-order valence-corrected chi connectivity index (χ4v) is 2.60. The van der Waals surface area contributed by atoms with Crippen LogP contribution in [0.5, 0.6) is 5.75 Å². The molecular formula is C20H17N3O4. The number of esters is 1. The van der Waals surface area contributed by atoms with Crippen molar-refractivity contribution in [2.45, 2.75) is 20.0 Å². The number of carbonyl (C=O) groups is 1. The molecule has 0 saturated heterocycles. The molecule has 7 heteroatoms. The van der Waals surface area contributed by atoms with E-state index in [0.29, 0.717) is 11.0 Å². The highest BCUT2D eigenvalue weighted by molar-refractivity contribution is 5.93. The van der Waals surface area contributed by atoms with Crippen LogP contribution < -0.4 is 0 Å². The van der Waals surface area contributed by atoms with Gasteiger partial charge in [0.1, 0.15) is 23.0 Å². The molecule has 1 aromatic heterocycles. The number of hydrogen-bond donors (Lipinski definition) is 3. The molecule has 3 aromatic rings. The van der Waals surface area contributed by atoms with Crippen LogP contribution in [0.4, 0.5) is 0 Å². The number of para-hydroxylation sites is 2. The van der Waals surface area contributed by atoms with Gasteiger partial charge in [0.05, 0.1) is 11.0 Å². The molecular weight excluding hydrogens is 346 g/mol. The highest BCUT2D eigenvalue weighted by atomic mass is 16.6. The summed E-state index contributed by atoms with van der Waals surface area (Å²) in [5.41, 5.74) is 1.99. The van der Waals surface area contributed by atoms with Crippen molar-refractivity contribution >= 4 is 22.6 Å². The Morgan fingerprint density at radius 2 is 2.04 bits per heavy atom. The first-order valence-corrected chi connectivity index (χ1v) is 8.19. The van der Waals surface area contributed by atoms with Gasteiger partial charge in [0.2, 0.25) is 0 Å². The van der Waals surface area contributed by atoms with E-state index < -0.39 is 17.8 Å². The number of phenols is 1. The Balaban J connectivity index is 1.88. The average molecular weight is 363 g/mol. The number of carbonyl (C=O) groups excluding carboxylic acids is 1. The maximum atomic E-state index is 12.3. The van der Waals surface area contributed by atoms with E-state index in [2.05, 4.69) is 9.97 Å². The van der Waals surface area contributed by atoms with E-state index >= 15 is 0 Å². The zero-order valence-electron chi connectivity index (χ0n) is 14.7. The minimum atomic E-state index is -1.11. The Hall–Kier alpha value is -3.79. The van der Waals surface area contributed by atoms with Crippen molar-refractivity contribution in [3.8, 4) is 11.8 Å². The molecule has 0 fully saturated rings. The molecule has 0 aliphatic carbocycles. The Morgan fingerprint density at radius 3 is 2.70 bits per heavy atom. The van der Waals surface area contributed by atoms with Crippen molar-refractivity contribution in [2.24, 2.45) is 0 Å². The van der Waals surface area contributed by atoms with Gasteiger partial charge in [0.25, 0.3) is 0 Å². The molecule has 0 amide bonds. The topological polar surface area (TPSA) is 119 Å². The maximum absolute atomic E-state index is 12.3. The van der Waals surface area contributed by atoms with E-state index in [1.807, 2.05) is 12.1 Å². The van der Waals surface area contributed by atoms with Gasteiger partial charge in [-0.3, -0.25) is 0 Å². The molecule has 0 bridgehead atoms. The Morgan fingerprint density at radius 1 is 1.30 bits per heavy atom. The minimum Gasteiger partial charge on any atom is -0.507 e. The number of benzene rings is 2. The summed E-state index contributed by atoms with van der Waals surface area (Å²) in [6.45, 7) is 3.21. The second-order valence-electron chi connectivity index (χ2n) is 6.04. The van der Waals surface area contributed by atoms with Crippen LogP contribution in [0.2, 0.25) is 0 Å². The number of phenolic OH excluding ortho intramolecular Hbond substituents is 1. The summed E-state index contributed by atoms with van der Waals surface area (Å²) in [5, 5.41) is 29.7. The Kier molecular flexibility index (Phi) is 4.81. The molecule has 136 valence electrons. The van der Waals surface area contributed by atoms with Gasteiger partial charge < -0.3 is 19.9 Å². The lowest BCUT2D eigenvalue weighted by atomic mass is 10.1. The summed E-state index contributed by atoms with van der Waals surface area (Å²) >= 11 is 0. The molecule has 0 unspecified atom stereocenters. The average Bonchev–Trinajstić information content (AvgIpc) is 3.05. The fourth-order valence-electron chi connectivity index (χ4n) is 2.60. The zero-order valence-corrected chi connectivity index (χ0v) is 14.7. The molecule has 3 N–H and O–H groups in total. The number of allylic oxidation sites excluding steroid dienone is 1. The van der Waals surface area contributed by atoms with Crippen molar-refractivity contribution in [3.63, 3.8) is 0 Å². The van der Waals surface area contributed by atoms with E-state index in [1.54, 1.807) is 31.2 Å². The number of aromatic amines is 1. The van der Waals surface area contributed by atoms with Crippen LogP contribution in [0.15, 0.2) is 48.2 Å². The van der Waals surface area contributed by atoms with Gasteiger partial charge in [0.15, 0.2) is 17.7 Å². The quantitative estimate of drug-likeness (QED) is 0.370. The van der Waals surface area contributed by atoms with Gasteiger partial charge in [-0.25, -0.2) is 9.78 Å². The highest BCUT2D eigenvalue weighted by Crippen LogP contribution is 2.24. The number of ether oxygens (including phenoxy) is 1. The molecule has 1 heterocycles. The summed E-state index contributed by atoms with van der Waals surface area (Å²) in [6, 6.07) is 13.6. The summed E-state index contributed by atoms with van der Waals surface area (Å²) in [6.07, 6.45) is -1.11. The summed E-state index contributed by atoms with van der Waals surface area (Å²) in [5.74, 6) is -1.28. The number of H-pyrrole nitrogens is 1. The first-order valence-electron chi connectivity index (χ1n) is 8.19. The van der Waals surface area contributed by atoms with Gasteiger partial charge in [-0.05, 0) is 43.7 Å². The normalized spacial score (nSPS) is 12.9. The van der Waals surface area contributed by atoms with Crippen LogP contribution >= 0.6 is 0 Å². The molecule has 0 saturated carbocycles. The standard InChI is InChI=1S/C20H17N3O4/c1-11-7-8-13(17(24)9-11)20(26)27-12(2)18(25)14(10-21)19-22-15-5-3-4-6-16(15)23-19/h3-9,12,24-25H,1-2H3,(H,22,23)/b18-14-/t12-/m0/s1. The Bertz CT molecular complexity index is 1060. The van der Waals surface area contributed by atoms with Gasteiger partial charge in [-0.1, -0.05) is 18.2 Å². The zero-order chi connectivity index (χ0) is 19.6. The SMILES string of the molecule is Cc1ccc(C(=O)O[C@@H](C)/C(O)=C(\C#N)c2nc3ccccc3[nH]2)c(O)c1. The monoisotopic (exact) mass is 363 g/mol. The lowest BCUT2D eigenvalue weighted by Crippen LogP contribution is -2.18. The number of fused-ring (bicyclic) bond motifs is 1. The lowest BCUT2D eigenvalue weighted by molar-refractivity contribution is 0.0331. The number of aliphatic hydroxyl groups is 1. The van der Waals surface area contributed by atoms with E-state index in [4.69, 9.17) is 4.74 Å². The van der Waals surface area contributed by atoms with Crippen LogP contribution in [-0.4, -0.2) is 32.3 Å². The number of nitriles is 1. The summed E-state index contributed by atoms with van der Waals surface area (Å²) in [7, 11) is 0. The number of aliphatic hydroxyl groups excluding tert-OH is 1. The molecule has 3 rings (SSSR count). The lowest BCUT2D eigenvalue weighted by Gasteiger charge is -2.14. The molecule has 2 aromatic carbocycles. The van der Waals surface area contributed by atoms with E-state index in [9.17, 15) is 20.3 Å². The van der Waals surface area contributed by atoms with Crippen LogP contribution in [0.3, 0.4) is 0 Å². The number of nitrogens with one attached hydrogen (secondary N) is 1. The van der Waals surface area contributed by atoms with Crippen molar-refractivity contribution < 1.29 is 19.7 Å². The largest absolute Gasteiger partial charge is 0.507 e. The smallest absolute Gasteiger partial charge is 0.342 e. The van der Waals surface area contributed by atoms with Crippen LogP contribution in [0, 0.1) is 18.3 Å². The minimum absolute atomic E-state index is 0.0255. The van der Waals surface area contributed by atoms with Crippen molar-refractivity contribution in [1.29, 1.82) is 5.26 Å². The van der Waals surface area contributed by atoms with Crippen molar-refractivity contribution in [3.05, 3.63) is 65.2 Å². The third-order valence-electron chi connectivity index (χ3n) is 4.04. The number of aromatic hydroxyl groups is 1. The van der Waals surface area contributed by atoms with Crippen LogP contribution in [0.1, 0.15) is 28.7 Å². The van der Waals surface area contributed by atoms with Gasteiger partial charge in [0, 0.05) is 0 Å². The third-order valence-corrected chi connectivity index (χ3v) is 4.04. The predicted molar refractivity (Wildman–Crippen MR) is 99.0 cm³/mol. The number of imidazole rings is 1. The number of rotatable bonds is 4. The predicted octanol–water partition coefficient (Wildman–Crippen LogP) is 3.62. The van der Waals surface area contributed by atoms with Crippen molar-refractivity contribution in [2.75, 3.05) is 0 Å². The number of nitrogens with zero attached hydrogens (tertiary/aromatic N) is 2. The van der Waals surface area contributed by atoms with Crippen LogP contribution in [-0.2, 0) is 4.74 Å². The molecule has 1 atom stereocenters. The molecule has 7 nitrogen and oxygen atoms in total. The molecule has 0 aliphatic rings. The fraction of sp³-hybridized carbons (Fsp3) is 0.150. The molecule has 27 heavy (non-hydrogen) atoms. The van der Waals surface area contributed by atoms with Crippen LogP contribution in [0.25, 0.3) is 16.6 Å². The van der Waals surface area contributed by atoms with Gasteiger partial charge in [-0.15, -0.1) is 0 Å². The highest BCUT2D eigenvalue weighted by Gasteiger charge is 2.23. The Labute approximate surface area is 155 Å². The van der Waals surface area contributed by atoms with E-state index in [0.717, 1.165) is 5.56 Å². The van der Waals surface area contributed by atoms with Gasteiger partial charge in [-0.2, -0.15) is 5.26 Å². The van der Waals surface area contributed by atoms with E-state index in [1.165, 1.54) is 19.1 Å². The molecule has 0 aliphatic heterocycles. The first kappa shape index (κ1) is 18.0. The summed E-state index contributed by atoms with van der Waals surface area (Å²) in [4.78, 5) is 19.5. The second-order valence-corrected chi connectivity index (χ2v) is 6.04. The first-order chi connectivity index (χ1) is 12.9. The molecule has 0 radical (unpaired) electrons. The maximum Gasteiger partial charge on any atom is 0.342 e. The number of hydrogen-bond acceptors (Lipinski definition) is 6. The second kappa shape index (κ2) is 7.22. The van der Waals surface area contributed by atoms with Crippen molar-refractivity contribution in [1.82, 2.24) is 9.97 Å². The number of aromatic nitrogens is 2. The third kappa shape index (κ3) is 3.60. The summed E-state index contributed by atoms with van der Waals surface area (Å²) < 4.78 is 5.20. The molecule has 0 spiro atoms. The number of aryl methyl sites for hydroxylation is 1.